The van der Waals surface area contributed by atoms with Crippen LogP contribution in [0.3, 0.4) is 0 Å². The minimum atomic E-state index is -0.194. The molecule has 4 aliphatic carbocycles. The van der Waals surface area contributed by atoms with Crippen molar-refractivity contribution in [1.82, 2.24) is 63.0 Å². The first kappa shape index (κ1) is 97.1. The van der Waals surface area contributed by atoms with E-state index in [4.69, 9.17) is 70.3 Å². The van der Waals surface area contributed by atoms with Gasteiger partial charge in [-0.2, -0.15) is 19.9 Å². The van der Waals surface area contributed by atoms with Crippen molar-refractivity contribution >= 4 is 183 Å². The highest BCUT2D eigenvalue weighted by atomic mass is 35.5. The minimum Gasteiger partial charge on any atom is -0.480 e. The quantitative estimate of drug-likeness (QED) is 0.0304. The zero-order chi connectivity index (χ0) is 96.4. The van der Waals surface area contributed by atoms with Crippen LogP contribution in [-0.2, 0) is 19.2 Å². The molecule has 1 atom stereocenters. The van der Waals surface area contributed by atoms with Crippen LogP contribution in [0.4, 0.5) is 69.8 Å². The van der Waals surface area contributed by atoms with Crippen LogP contribution >= 0.6 is 46.4 Å². The van der Waals surface area contributed by atoms with Crippen LogP contribution in [0.15, 0.2) is 141 Å². The van der Waals surface area contributed by atoms with Gasteiger partial charge in [-0.15, -0.1) is 0 Å². The van der Waals surface area contributed by atoms with E-state index in [1.54, 1.807) is 95.0 Å². The second kappa shape index (κ2) is 44.1. The molecule has 4 N–H and O–H groups in total. The summed E-state index contributed by atoms with van der Waals surface area (Å²) in [6.07, 6.45) is 25.0. The molecule has 37 heteroatoms. The molecule has 4 aliphatic heterocycles. The van der Waals surface area contributed by atoms with Crippen LogP contribution in [0.1, 0.15) is 187 Å². The predicted octanol–water partition coefficient (Wildman–Crippen LogP) is 18.5. The number of likely N-dealkylation sites (N-methyl/N-ethyl adjacent to an activating group) is 1. The fourth-order valence-corrected chi connectivity index (χ4v) is 17.9. The van der Waals surface area contributed by atoms with Crippen molar-refractivity contribution in [1.29, 1.82) is 0 Å². The van der Waals surface area contributed by atoms with E-state index in [2.05, 4.69) is 94.6 Å². The van der Waals surface area contributed by atoms with E-state index in [-0.39, 0.29) is 119 Å². The maximum Gasteiger partial charge on any atom is 0.293 e. The number of carbonyl (C=O) groups excluding carboxylic acids is 4. The van der Waals surface area contributed by atoms with Gasteiger partial charge in [0.25, 0.3) is 22.2 Å². The van der Waals surface area contributed by atoms with Gasteiger partial charge in [-0.05, 0) is 213 Å². The lowest BCUT2D eigenvalue weighted by Gasteiger charge is -2.32. The summed E-state index contributed by atoms with van der Waals surface area (Å²) in [5.74, 6) is 6.01. The Labute approximate surface area is 818 Å². The number of Topliss-reactive ketones (excluding diaryl/α,β-unsaturated/α-hetero) is 4. The number of piperazine rings is 1. The van der Waals surface area contributed by atoms with Gasteiger partial charge in [0.15, 0.2) is 69.4 Å². The average molecular weight is 1960 g/mol. The Kier molecular flexibility index (Phi) is 31.0. The number of benzene rings is 4. The summed E-state index contributed by atoms with van der Waals surface area (Å²) < 4.78 is 29.7. The van der Waals surface area contributed by atoms with Gasteiger partial charge in [0.1, 0.15) is 46.5 Å². The second-order valence-corrected chi connectivity index (χ2v) is 38.2. The number of piperidine rings is 3. The van der Waals surface area contributed by atoms with Crippen molar-refractivity contribution in [2.24, 2.45) is 5.92 Å². The molecule has 20 rings (SSSR count). The summed E-state index contributed by atoms with van der Waals surface area (Å²) in [5, 5.41) is 18.3. The van der Waals surface area contributed by atoms with E-state index in [1.807, 2.05) is 72.8 Å². The largest absolute Gasteiger partial charge is 0.480 e. The van der Waals surface area contributed by atoms with Crippen molar-refractivity contribution in [3.63, 3.8) is 0 Å². The standard InChI is InChI=1S/C26H30ClN5O3.C25H29ClN6O3.2C25H28ClN5O3/c1-3-20(33)15-35-23-12-17-11-18(6-9-22(17)32(25(23)34)19-7-8-19)29-24-21(27)13-28-26(30-24)31-10-4-5-16(2)14-31;1-3-19(33)15-35-22-13-16-12-17(4-7-21(16)32(24(22)34)18-5-6-18)28-23-20(26)14-27-25(29-23)31-10-8-30(2)9-11-31;2*1-2-19(32)15-34-22-13-16-12-17(6-9-21(16)31(24(22)33)18-7-8-18)28-23-20(26)14-27-25(29-23)30-10-4-3-5-11-30/h6,9,11-13,16,19H,3-5,7-8,10,14-15H2,1-2H3,(H,28,29,30);4,7,12-14,18H,3,5-6,8-11,15H2,1-2H3,(H,27,28,29);2*6,9,12-14,18H,2-5,7-8,10-11,15H2,1H3,(H,27,28,29). The zero-order valence-corrected chi connectivity index (χ0v) is 81.5. The van der Waals surface area contributed by atoms with E-state index in [0.717, 1.165) is 215 Å². The number of fused-ring (bicyclic) bond motifs is 4. The molecular weight excluding hydrogens is 1840 g/mol. The summed E-state index contributed by atoms with van der Waals surface area (Å²) in [5.41, 5.74) is 5.73. The maximum atomic E-state index is 13.1. The number of ketones is 4. The van der Waals surface area contributed by atoms with Gasteiger partial charge >= 0.3 is 0 Å². The molecule has 12 aromatic rings. The Morgan fingerprint density at radius 1 is 0.333 bits per heavy atom. The molecule has 33 nitrogen and oxygen atoms in total. The molecule has 12 heterocycles. The summed E-state index contributed by atoms with van der Waals surface area (Å²) in [7, 11) is 2.10. The Morgan fingerprint density at radius 2 is 0.587 bits per heavy atom. The highest BCUT2D eigenvalue weighted by molar-refractivity contribution is 6.34. The molecule has 8 aliphatic rings. The molecule has 4 saturated carbocycles. The number of aromatic nitrogens is 12. The maximum absolute atomic E-state index is 13.1. The van der Waals surface area contributed by atoms with E-state index < -0.39 is 0 Å². The normalized spacial score (nSPS) is 16.6. The van der Waals surface area contributed by atoms with Crippen LogP contribution in [0.2, 0.25) is 20.1 Å². The van der Waals surface area contributed by atoms with E-state index in [0.29, 0.717) is 98.8 Å². The number of ether oxygens (including phenoxy) is 4. The Balaban J connectivity index is 0.000000127. The third-order valence-corrected chi connectivity index (χ3v) is 26.9. The van der Waals surface area contributed by atoms with E-state index in [9.17, 15) is 38.4 Å². The van der Waals surface area contributed by atoms with E-state index in [1.165, 1.54) is 19.3 Å². The summed E-state index contributed by atoms with van der Waals surface area (Å²) >= 11 is 25.7. The van der Waals surface area contributed by atoms with Gasteiger partial charge in [-0.25, -0.2) is 19.9 Å². The Hall–Kier alpha value is -12.6. The first-order valence-electron chi connectivity index (χ1n) is 48.1. The van der Waals surface area contributed by atoms with Crippen LogP contribution in [0, 0.1) is 5.92 Å². The van der Waals surface area contributed by atoms with Crippen LogP contribution in [-0.4, -0.2) is 185 Å². The lowest BCUT2D eigenvalue weighted by molar-refractivity contribution is -0.121. The van der Waals surface area contributed by atoms with Crippen molar-refractivity contribution in [3.05, 3.63) is 183 Å². The van der Waals surface area contributed by atoms with Crippen LogP contribution in [0.5, 0.6) is 23.0 Å². The second-order valence-electron chi connectivity index (χ2n) is 36.5. The summed E-state index contributed by atoms with van der Waals surface area (Å²) in [6.45, 7) is 18.2. The third kappa shape index (κ3) is 23.7. The number of halogens is 4. The number of rotatable bonds is 32. The molecule has 8 fully saturated rings. The molecule has 8 aromatic heterocycles. The molecule has 0 bridgehead atoms. The Bertz CT molecular complexity index is 6610. The molecule has 0 amide bonds. The number of hydrogen-bond acceptors (Lipinski definition) is 29. The molecule has 138 heavy (non-hydrogen) atoms. The third-order valence-electron chi connectivity index (χ3n) is 25.8. The monoisotopic (exact) mass is 1950 g/mol. The molecule has 0 radical (unpaired) electrons. The molecule has 0 spiro atoms. The topological polar surface area (TPSA) is 361 Å². The van der Waals surface area contributed by atoms with Crippen LogP contribution in [0.25, 0.3) is 43.6 Å². The smallest absolute Gasteiger partial charge is 0.293 e. The fraction of sp³-hybridized carbons (Fsp3) is 0.446. The lowest BCUT2D eigenvalue weighted by atomic mass is 10.0. The molecule has 724 valence electrons. The molecular formula is C101H115Cl4N21O12. The van der Waals surface area contributed by atoms with Crippen molar-refractivity contribution in [2.45, 2.75) is 187 Å². The number of hydrogen-bond donors (Lipinski definition) is 4. The van der Waals surface area contributed by atoms with Crippen molar-refractivity contribution in [3.8, 4) is 23.0 Å². The lowest BCUT2D eigenvalue weighted by Crippen LogP contribution is -2.45. The first-order chi connectivity index (χ1) is 66.9. The number of carbonyl (C=O) groups is 4. The van der Waals surface area contributed by atoms with Gasteiger partial charge in [0, 0.05) is 160 Å². The number of nitrogens with zero attached hydrogens (tertiary/aromatic N) is 17. The van der Waals surface area contributed by atoms with Crippen molar-refractivity contribution in [2.75, 3.05) is 140 Å². The van der Waals surface area contributed by atoms with Gasteiger partial charge in [-0.1, -0.05) is 81.0 Å². The highest BCUT2D eigenvalue weighted by Gasteiger charge is 2.34. The highest BCUT2D eigenvalue weighted by Crippen LogP contribution is 2.43. The van der Waals surface area contributed by atoms with E-state index >= 15 is 0 Å². The average Bonchev–Trinajstić information content (AvgIpc) is 1.31. The molecule has 1 unspecified atom stereocenters. The predicted molar refractivity (Wildman–Crippen MR) is 543 cm³/mol. The summed E-state index contributed by atoms with van der Waals surface area (Å²) in [6, 6.07) is 30.7. The van der Waals surface area contributed by atoms with Crippen molar-refractivity contribution < 1.29 is 38.1 Å². The zero-order valence-electron chi connectivity index (χ0n) is 78.5. The van der Waals surface area contributed by atoms with Gasteiger partial charge in [-0.3, -0.25) is 38.4 Å². The van der Waals surface area contributed by atoms with Gasteiger partial charge in [0.2, 0.25) is 23.8 Å². The first-order valence-corrected chi connectivity index (χ1v) is 49.6. The van der Waals surface area contributed by atoms with Crippen LogP contribution < -0.4 is 82.1 Å². The fourth-order valence-electron chi connectivity index (χ4n) is 17.3. The SMILES string of the molecule is CCC(=O)COc1cc2cc(Nc3nc(N4CCCC(C)C4)ncc3Cl)ccc2n(C2CC2)c1=O.CCC(=O)COc1cc2cc(Nc3nc(N4CCCCC4)ncc3Cl)ccc2n(C2CC2)c1=O.CCC(=O)COc1cc2cc(Nc3nc(N4CCCCC4)ncc3Cl)ccc2n(C2CC2)c1=O.CCC(=O)COc1cc2cc(Nc3nc(N4CCN(C)CC4)ncc3Cl)ccc2n(C2CC2)c1=O. The minimum absolute atomic E-state index is 0.0456. The Morgan fingerprint density at radius 3 is 0.841 bits per heavy atom. The molecule has 4 aromatic carbocycles. The number of pyridine rings is 4. The number of nitrogens with one attached hydrogen (secondary N) is 4. The van der Waals surface area contributed by atoms with Gasteiger partial charge in [0.05, 0.1) is 46.9 Å². The summed E-state index contributed by atoms with van der Waals surface area (Å²) in [4.78, 5) is 147. The van der Waals surface area contributed by atoms with Gasteiger partial charge < -0.3 is 83.0 Å². The number of anilines is 12. The molecule has 4 saturated heterocycles.